The van der Waals surface area contributed by atoms with Gasteiger partial charge in [-0.25, -0.2) is 0 Å². The number of aromatic hydroxyl groups is 1. The van der Waals surface area contributed by atoms with E-state index in [1.54, 1.807) is 0 Å². The minimum atomic E-state index is 0.383. The Morgan fingerprint density at radius 2 is 1.71 bits per heavy atom. The maximum absolute atomic E-state index is 10.2. The van der Waals surface area contributed by atoms with Crippen LogP contribution in [-0.2, 0) is 6.54 Å². The number of nitrogens with one attached hydrogen (secondary N) is 1. The number of hydrogen-bond acceptors (Lipinski definition) is 2. The van der Waals surface area contributed by atoms with Gasteiger partial charge in [-0.15, -0.1) is 0 Å². The van der Waals surface area contributed by atoms with Crippen LogP contribution in [0, 0.1) is 13.8 Å². The number of fused-ring (bicyclic) bond motifs is 1. The van der Waals surface area contributed by atoms with Gasteiger partial charge in [0.15, 0.2) is 0 Å². The summed E-state index contributed by atoms with van der Waals surface area (Å²) in [5.41, 5.74) is 4.11. The molecule has 2 nitrogen and oxygen atoms in total. The molecule has 0 bridgehead atoms. The molecule has 0 unspecified atom stereocenters. The van der Waals surface area contributed by atoms with Crippen molar-refractivity contribution in [1.29, 1.82) is 0 Å². The smallest absolute Gasteiger partial charge is 0.123 e. The Morgan fingerprint density at radius 3 is 2.57 bits per heavy atom. The van der Waals surface area contributed by atoms with E-state index >= 15 is 0 Å². The highest BCUT2D eigenvalue weighted by Gasteiger charge is 2.06. The first-order valence-corrected chi connectivity index (χ1v) is 7.16. The summed E-state index contributed by atoms with van der Waals surface area (Å²) >= 11 is 0. The lowest BCUT2D eigenvalue weighted by atomic mass is 10.0. The summed E-state index contributed by atoms with van der Waals surface area (Å²) in [5, 5.41) is 16.0. The van der Waals surface area contributed by atoms with Crippen LogP contribution in [-0.4, -0.2) is 5.11 Å². The molecule has 3 aromatic rings. The minimum absolute atomic E-state index is 0.383. The molecule has 2 N–H and O–H groups in total. The lowest BCUT2D eigenvalue weighted by Crippen LogP contribution is -2.01. The number of phenols is 1. The second kappa shape index (κ2) is 5.49. The molecule has 0 atom stereocenters. The van der Waals surface area contributed by atoms with Gasteiger partial charge in [0.05, 0.1) is 0 Å². The van der Waals surface area contributed by atoms with Gasteiger partial charge in [-0.05, 0) is 30.9 Å². The molecule has 0 aromatic heterocycles. The summed E-state index contributed by atoms with van der Waals surface area (Å²) in [7, 11) is 0. The Kier molecular flexibility index (Phi) is 3.53. The van der Waals surface area contributed by atoms with Gasteiger partial charge >= 0.3 is 0 Å². The van der Waals surface area contributed by atoms with Gasteiger partial charge in [0.1, 0.15) is 5.75 Å². The number of phenolic OH excluding ortho intramolecular Hbond substituents is 1. The standard InChI is InChI=1S/C19H19NO/c1-13-10-14(2)19(21)16(11-13)12-20-18-9-5-7-15-6-3-4-8-17(15)18/h3-11,20-21H,12H2,1-2H3. The molecule has 106 valence electrons. The summed E-state index contributed by atoms with van der Waals surface area (Å²) in [6.45, 7) is 4.60. The van der Waals surface area contributed by atoms with Crippen molar-refractivity contribution in [1.82, 2.24) is 0 Å². The van der Waals surface area contributed by atoms with Crippen LogP contribution in [0.4, 0.5) is 5.69 Å². The van der Waals surface area contributed by atoms with E-state index < -0.39 is 0 Å². The molecule has 0 radical (unpaired) electrons. The van der Waals surface area contributed by atoms with Gasteiger partial charge < -0.3 is 10.4 Å². The molecule has 0 fully saturated rings. The highest BCUT2D eigenvalue weighted by Crippen LogP contribution is 2.27. The van der Waals surface area contributed by atoms with E-state index in [0.717, 1.165) is 16.8 Å². The first-order valence-electron chi connectivity index (χ1n) is 7.16. The predicted octanol–water partition coefficient (Wildman–Crippen LogP) is 4.77. The summed E-state index contributed by atoms with van der Waals surface area (Å²) < 4.78 is 0. The van der Waals surface area contributed by atoms with Crippen LogP contribution >= 0.6 is 0 Å². The zero-order valence-electron chi connectivity index (χ0n) is 12.4. The minimum Gasteiger partial charge on any atom is -0.507 e. The summed E-state index contributed by atoms with van der Waals surface area (Å²) in [5.74, 6) is 0.383. The molecule has 3 aromatic carbocycles. The van der Waals surface area contributed by atoms with E-state index in [1.807, 2.05) is 44.2 Å². The Labute approximate surface area is 125 Å². The molecule has 0 aliphatic heterocycles. The first-order chi connectivity index (χ1) is 10.1. The van der Waals surface area contributed by atoms with Gasteiger partial charge in [0, 0.05) is 23.2 Å². The lowest BCUT2D eigenvalue weighted by Gasteiger charge is -2.13. The maximum Gasteiger partial charge on any atom is 0.123 e. The highest BCUT2D eigenvalue weighted by molar-refractivity contribution is 5.93. The molecular weight excluding hydrogens is 258 g/mol. The van der Waals surface area contributed by atoms with Gasteiger partial charge in [-0.2, -0.15) is 0 Å². The van der Waals surface area contributed by atoms with Crippen molar-refractivity contribution in [2.75, 3.05) is 5.32 Å². The molecule has 0 aliphatic rings. The van der Waals surface area contributed by atoms with Crippen LogP contribution in [0.15, 0.2) is 54.6 Å². The van der Waals surface area contributed by atoms with Crippen molar-refractivity contribution in [3.8, 4) is 5.75 Å². The average Bonchev–Trinajstić information content (AvgIpc) is 2.49. The van der Waals surface area contributed by atoms with Crippen LogP contribution in [0.1, 0.15) is 16.7 Å². The third-order valence-electron chi connectivity index (χ3n) is 3.78. The maximum atomic E-state index is 10.2. The van der Waals surface area contributed by atoms with E-state index in [0.29, 0.717) is 12.3 Å². The van der Waals surface area contributed by atoms with Gasteiger partial charge in [0.2, 0.25) is 0 Å². The van der Waals surface area contributed by atoms with Crippen LogP contribution in [0.25, 0.3) is 10.8 Å². The molecule has 0 aliphatic carbocycles. The molecule has 21 heavy (non-hydrogen) atoms. The number of rotatable bonds is 3. The SMILES string of the molecule is Cc1cc(C)c(O)c(CNc2cccc3ccccc23)c1. The van der Waals surface area contributed by atoms with Gasteiger partial charge in [0.25, 0.3) is 0 Å². The zero-order chi connectivity index (χ0) is 14.8. The zero-order valence-corrected chi connectivity index (χ0v) is 12.4. The molecule has 0 saturated carbocycles. The molecule has 0 amide bonds. The Balaban J connectivity index is 1.91. The molecule has 0 saturated heterocycles. The Hall–Kier alpha value is -2.48. The number of aryl methyl sites for hydroxylation is 2. The third kappa shape index (κ3) is 2.70. The van der Waals surface area contributed by atoms with Crippen molar-refractivity contribution >= 4 is 16.5 Å². The molecular formula is C19H19NO. The second-order valence-electron chi connectivity index (χ2n) is 5.47. The number of benzene rings is 3. The largest absolute Gasteiger partial charge is 0.507 e. The second-order valence-corrected chi connectivity index (χ2v) is 5.47. The van der Waals surface area contributed by atoms with Gasteiger partial charge in [-0.3, -0.25) is 0 Å². The molecule has 2 heteroatoms. The quantitative estimate of drug-likeness (QED) is 0.722. The Bertz CT molecular complexity index is 787. The van der Waals surface area contributed by atoms with Crippen molar-refractivity contribution in [2.45, 2.75) is 20.4 Å². The monoisotopic (exact) mass is 277 g/mol. The van der Waals surface area contributed by atoms with E-state index in [2.05, 4.69) is 29.6 Å². The number of hydrogen-bond donors (Lipinski definition) is 2. The summed E-state index contributed by atoms with van der Waals surface area (Å²) in [6.07, 6.45) is 0. The summed E-state index contributed by atoms with van der Waals surface area (Å²) in [6, 6.07) is 18.6. The fraction of sp³-hybridized carbons (Fsp3) is 0.158. The van der Waals surface area contributed by atoms with Crippen molar-refractivity contribution < 1.29 is 5.11 Å². The highest BCUT2D eigenvalue weighted by atomic mass is 16.3. The normalized spacial score (nSPS) is 10.8. The lowest BCUT2D eigenvalue weighted by molar-refractivity contribution is 0.464. The van der Waals surface area contributed by atoms with E-state index in [4.69, 9.17) is 0 Å². The van der Waals surface area contributed by atoms with Crippen molar-refractivity contribution in [3.63, 3.8) is 0 Å². The Morgan fingerprint density at radius 1 is 0.952 bits per heavy atom. The fourth-order valence-electron chi connectivity index (χ4n) is 2.75. The van der Waals surface area contributed by atoms with Crippen LogP contribution < -0.4 is 5.32 Å². The third-order valence-corrected chi connectivity index (χ3v) is 3.78. The van der Waals surface area contributed by atoms with E-state index in [9.17, 15) is 5.11 Å². The summed E-state index contributed by atoms with van der Waals surface area (Å²) in [4.78, 5) is 0. The van der Waals surface area contributed by atoms with Crippen LogP contribution in [0.5, 0.6) is 5.75 Å². The van der Waals surface area contributed by atoms with Crippen LogP contribution in [0.3, 0.4) is 0 Å². The van der Waals surface area contributed by atoms with Crippen molar-refractivity contribution in [2.24, 2.45) is 0 Å². The fourth-order valence-corrected chi connectivity index (χ4v) is 2.75. The van der Waals surface area contributed by atoms with E-state index in [1.165, 1.54) is 16.3 Å². The van der Waals surface area contributed by atoms with Gasteiger partial charge in [-0.1, -0.05) is 54.1 Å². The first kappa shape index (κ1) is 13.5. The number of anilines is 1. The molecule has 3 rings (SSSR count). The van der Waals surface area contributed by atoms with Crippen LogP contribution in [0.2, 0.25) is 0 Å². The average molecular weight is 277 g/mol. The molecule has 0 heterocycles. The van der Waals surface area contributed by atoms with E-state index in [-0.39, 0.29) is 0 Å². The topological polar surface area (TPSA) is 32.3 Å². The predicted molar refractivity (Wildman–Crippen MR) is 88.9 cm³/mol. The van der Waals surface area contributed by atoms with Crippen molar-refractivity contribution in [3.05, 3.63) is 71.3 Å². The molecule has 0 spiro atoms.